The molecule has 0 saturated carbocycles. The fourth-order valence-corrected chi connectivity index (χ4v) is 4.53. The van der Waals surface area contributed by atoms with Crippen molar-refractivity contribution in [2.24, 2.45) is 11.0 Å². The largest absolute Gasteiger partial charge is 0.340 e. The molecule has 37 heavy (non-hydrogen) atoms. The van der Waals surface area contributed by atoms with Crippen LogP contribution in [0.2, 0.25) is 5.02 Å². The maximum Gasteiger partial charge on any atom is 0.262 e. The number of nitrogens with zero attached hydrogens (tertiary/aromatic N) is 2. The van der Waals surface area contributed by atoms with E-state index in [9.17, 15) is 9.59 Å². The monoisotopic (exact) mass is 514 g/mol. The van der Waals surface area contributed by atoms with E-state index in [1.807, 2.05) is 26.0 Å². The van der Waals surface area contributed by atoms with Gasteiger partial charge in [-0.25, -0.2) is 5.43 Å². The van der Waals surface area contributed by atoms with E-state index in [2.05, 4.69) is 70.7 Å². The summed E-state index contributed by atoms with van der Waals surface area (Å²) in [5.74, 6) is -0.858. The third kappa shape index (κ3) is 6.09. The molecule has 190 valence electrons. The molecule has 1 heterocycles. The highest BCUT2D eigenvalue weighted by atomic mass is 35.5. The first-order chi connectivity index (χ1) is 17.7. The Bertz CT molecular complexity index is 1450. The van der Waals surface area contributed by atoms with E-state index in [0.29, 0.717) is 10.6 Å². The second kappa shape index (κ2) is 11.4. The first-order valence-corrected chi connectivity index (χ1v) is 12.6. The molecule has 0 aliphatic heterocycles. The minimum absolute atomic E-state index is 0.135. The molecule has 0 spiro atoms. The molecule has 3 aromatic carbocycles. The number of para-hydroxylation sites is 1. The number of nitrogens with one attached hydrogen (secondary N) is 2. The molecule has 4 aromatic rings. The molecule has 1 atom stereocenters. The summed E-state index contributed by atoms with van der Waals surface area (Å²) in [5, 5.41) is 8.68. The number of hydrogen-bond acceptors (Lipinski definition) is 3. The molecular formula is C30H31ClN4O2. The SMILES string of the molecule is Cc1cccc(Cn2c(C)c(/C=N\NC(=O)C(NC(=O)c3ccc(Cl)cc3)C(C)C)c3ccccc32)c1. The van der Waals surface area contributed by atoms with Gasteiger partial charge in [0, 0.05) is 39.3 Å². The Morgan fingerprint density at radius 2 is 1.73 bits per heavy atom. The van der Waals surface area contributed by atoms with Gasteiger partial charge < -0.3 is 9.88 Å². The van der Waals surface area contributed by atoms with Crippen molar-refractivity contribution >= 4 is 40.5 Å². The molecule has 2 amide bonds. The molecule has 2 N–H and O–H groups in total. The van der Waals surface area contributed by atoms with Gasteiger partial charge in [-0.2, -0.15) is 5.10 Å². The summed E-state index contributed by atoms with van der Waals surface area (Å²) < 4.78 is 2.26. The zero-order valence-electron chi connectivity index (χ0n) is 21.5. The molecule has 0 saturated heterocycles. The Balaban J connectivity index is 1.52. The van der Waals surface area contributed by atoms with Gasteiger partial charge in [0.25, 0.3) is 11.8 Å². The molecule has 0 bridgehead atoms. The Morgan fingerprint density at radius 1 is 1.00 bits per heavy atom. The summed E-state index contributed by atoms with van der Waals surface area (Å²) in [6.45, 7) is 8.63. The third-order valence-corrected chi connectivity index (χ3v) is 6.67. The molecule has 4 rings (SSSR count). The average Bonchev–Trinajstić information content (AvgIpc) is 3.13. The minimum Gasteiger partial charge on any atom is -0.340 e. The normalized spacial score (nSPS) is 12.3. The van der Waals surface area contributed by atoms with Gasteiger partial charge in [-0.15, -0.1) is 0 Å². The van der Waals surface area contributed by atoms with Crippen molar-refractivity contribution in [1.29, 1.82) is 0 Å². The van der Waals surface area contributed by atoms with E-state index >= 15 is 0 Å². The number of hydrogen-bond donors (Lipinski definition) is 2. The van der Waals surface area contributed by atoms with Gasteiger partial charge >= 0.3 is 0 Å². The van der Waals surface area contributed by atoms with Gasteiger partial charge in [-0.1, -0.05) is 73.5 Å². The van der Waals surface area contributed by atoms with Crippen molar-refractivity contribution in [2.75, 3.05) is 0 Å². The highest BCUT2D eigenvalue weighted by Gasteiger charge is 2.24. The van der Waals surface area contributed by atoms with Crippen molar-refractivity contribution in [2.45, 2.75) is 40.3 Å². The Kier molecular flexibility index (Phi) is 8.09. The predicted molar refractivity (Wildman–Crippen MR) is 150 cm³/mol. The van der Waals surface area contributed by atoms with Gasteiger partial charge in [0.2, 0.25) is 0 Å². The summed E-state index contributed by atoms with van der Waals surface area (Å²) in [4.78, 5) is 25.6. The lowest BCUT2D eigenvalue weighted by molar-refractivity contribution is -0.123. The number of halogens is 1. The smallest absolute Gasteiger partial charge is 0.262 e. The third-order valence-electron chi connectivity index (χ3n) is 6.41. The van der Waals surface area contributed by atoms with Crippen molar-refractivity contribution in [3.8, 4) is 0 Å². The average molecular weight is 515 g/mol. The van der Waals surface area contributed by atoms with Crippen molar-refractivity contribution in [1.82, 2.24) is 15.3 Å². The number of aromatic nitrogens is 1. The highest BCUT2D eigenvalue weighted by molar-refractivity contribution is 6.30. The van der Waals surface area contributed by atoms with Crippen LogP contribution in [0.1, 0.15) is 46.6 Å². The van der Waals surface area contributed by atoms with Crippen LogP contribution in [0.3, 0.4) is 0 Å². The van der Waals surface area contributed by atoms with Crippen LogP contribution in [-0.4, -0.2) is 28.6 Å². The number of carbonyl (C=O) groups is 2. The Morgan fingerprint density at radius 3 is 2.43 bits per heavy atom. The van der Waals surface area contributed by atoms with E-state index in [1.54, 1.807) is 30.5 Å². The standard InChI is InChI=1S/C30H31ClN4O2/c1-19(2)28(33-29(36)23-12-14-24(31)15-13-23)30(37)34-32-17-26-21(4)35(27-11-6-5-10-25(26)27)18-22-9-7-8-20(3)16-22/h5-17,19,28H,18H2,1-4H3,(H,33,36)(H,34,37)/b32-17-. The van der Waals surface area contributed by atoms with Crippen LogP contribution in [0.4, 0.5) is 0 Å². The molecule has 0 aliphatic rings. The molecule has 6 nitrogen and oxygen atoms in total. The fraction of sp³-hybridized carbons (Fsp3) is 0.233. The van der Waals surface area contributed by atoms with Crippen LogP contribution in [0.5, 0.6) is 0 Å². The Hall–Kier alpha value is -3.90. The zero-order chi connectivity index (χ0) is 26.5. The number of carbonyl (C=O) groups excluding carboxylic acids is 2. The second-order valence-electron chi connectivity index (χ2n) is 9.53. The summed E-state index contributed by atoms with van der Waals surface area (Å²) in [7, 11) is 0. The topological polar surface area (TPSA) is 75.5 Å². The molecule has 7 heteroatoms. The fourth-order valence-electron chi connectivity index (χ4n) is 4.41. The number of hydrazone groups is 1. The van der Waals surface area contributed by atoms with Crippen LogP contribution >= 0.6 is 11.6 Å². The van der Waals surface area contributed by atoms with E-state index in [-0.39, 0.29) is 17.7 Å². The van der Waals surface area contributed by atoms with E-state index < -0.39 is 6.04 Å². The number of amides is 2. The van der Waals surface area contributed by atoms with Crippen LogP contribution < -0.4 is 10.7 Å². The van der Waals surface area contributed by atoms with E-state index in [0.717, 1.165) is 28.7 Å². The summed E-state index contributed by atoms with van der Waals surface area (Å²) in [6.07, 6.45) is 1.68. The minimum atomic E-state index is -0.746. The van der Waals surface area contributed by atoms with Crippen LogP contribution in [0.15, 0.2) is 77.9 Å². The maximum absolute atomic E-state index is 13.0. The number of aryl methyl sites for hydroxylation is 1. The van der Waals surface area contributed by atoms with Gasteiger partial charge in [0.1, 0.15) is 6.04 Å². The van der Waals surface area contributed by atoms with Gasteiger partial charge in [-0.05, 0) is 55.7 Å². The lowest BCUT2D eigenvalue weighted by Gasteiger charge is -2.20. The lowest BCUT2D eigenvalue weighted by Crippen LogP contribution is -2.48. The van der Waals surface area contributed by atoms with Crippen LogP contribution in [-0.2, 0) is 11.3 Å². The Labute approximate surface area is 222 Å². The van der Waals surface area contributed by atoms with E-state index in [4.69, 9.17) is 11.6 Å². The summed E-state index contributed by atoms with van der Waals surface area (Å²) in [6, 6.07) is 22.4. The van der Waals surface area contributed by atoms with Crippen LogP contribution in [0.25, 0.3) is 10.9 Å². The predicted octanol–water partition coefficient (Wildman–Crippen LogP) is 5.86. The number of rotatable bonds is 8. The maximum atomic E-state index is 13.0. The van der Waals surface area contributed by atoms with Crippen molar-refractivity contribution in [3.05, 3.63) is 106 Å². The number of fused-ring (bicyclic) bond motifs is 1. The van der Waals surface area contributed by atoms with Crippen molar-refractivity contribution in [3.63, 3.8) is 0 Å². The van der Waals surface area contributed by atoms with Crippen LogP contribution in [0, 0.1) is 19.8 Å². The second-order valence-corrected chi connectivity index (χ2v) is 9.96. The first-order valence-electron chi connectivity index (χ1n) is 12.3. The molecule has 0 aliphatic carbocycles. The van der Waals surface area contributed by atoms with Gasteiger partial charge in [-0.3, -0.25) is 9.59 Å². The molecule has 1 unspecified atom stereocenters. The van der Waals surface area contributed by atoms with Crippen molar-refractivity contribution < 1.29 is 9.59 Å². The molecule has 0 radical (unpaired) electrons. The number of benzene rings is 3. The molecule has 0 fully saturated rings. The summed E-state index contributed by atoms with van der Waals surface area (Å²) in [5.41, 5.74) is 8.59. The summed E-state index contributed by atoms with van der Waals surface area (Å²) >= 11 is 5.91. The van der Waals surface area contributed by atoms with Gasteiger partial charge in [0.05, 0.1) is 6.21 Å². The molecule has 1 aromatic heterocycles. The quantitative estimate of drug-likeness (QED) is 0.228. The van der Waals surface area contributed by atoms with E-state index in [1.165, 1.54) is 11.1 Å². The highest BCUT2D eigenvalue weighted by Crippen LogP contribution is 2.25. The van der Waals surface area contributed by atoms with Gasteiger partial charge in [0.15, 0.2) is 0 Å². The lowest BCUT2D eigenvalue weighted by atomic mass is 10.0. The zero-order valence-corrected chi connectivity index (χ0v) is 22.2. The molecular weight excluding hydrogens is 484 g/mol. The first kappa shape index (κ1) is 26.2.